The Labute approximate surface area is 106 Å². The molecular formula is C13H14ClNO2. The second-order valence-electron chi connectivity index (χ2n) is 3.53. The van der Waals surface area contributed by atoms with Crippen LogP contribution in [-0.4, -0.2) is 30.2 Å². The van der Waals surface area contributed by atoms with E-state index in [1.807, 2.05) is 6.92 Å². The third kappa shape index (κ3) is 3.71. The molecule has 0 saturated carbocycles. The number of hydrogen-bond donors (Lipinski definition) is 0. The third-order valence-electron chi connectivity index (χ3n) is 2.37. The second-order valence-corrected chi connectivity index (χ2v) is 3.94. The zero-order valence-corrected chi connectivity index (χ0v) is 10.6. The smallest absolute Gasteiger partial charge is 0.246 e. The summed E-state index contributed by atoms with van der Waals surface area (Å²) in [6.07, 6.45) is 2.50. The predicted molar refractivity (Wildman–Crippen MR) is 68.2 cm³/mol. The maximum absolute atomic E-state index is 11.7. The van der Waals surface area contributed by atoms with Gasteiger partial charge in [-0.25, -0.2) is 0 Å². The SMILES string of the molecule is CCN(C)C(=O)/C=C/C(=O)c1ccccc1Cl. The van der Waals surface area contributed by atoms with Crippen LogP contribution in [0.15, 0.2) is 36.4 Å². The molecule has 0 atom stereocenters. The minimum Gasteiger partial charge on any atom is -0.343 e. The molecule has 0 unspecified atom stereocenters. The average Bonchev–Trinajstić information content (AvgIpc) is 2.35. The van der Waals surface area contributed by atoms with Gasteiger partial charge in [0.1, 0.15) is 0 Å². The molecule has 0 heterocycles. The second kappa shape index (κ2) is 6.21. The first-order chi connectivity index (χ1) is 8.06. The zero-order valence-electron chi connectivity index (χ0n) is 9.81. The fourth-order valence-electron chi connectivity index (χ4n) is 1.18. The van der Waals surface area contributed by atoms with E-state index >= 15 is 0 Å². The first kappa shape index (κ1) is 13.5. The van der Waals surface area contributed by atoms with Crippen LogP contribution in [0, 0.1) is 0 Å². The maximum Gasteiger partial charge on any atom is 0.246 e. The van der Waals surface area contributed by atoms with E-state index in [2.05, 4.69) is 0 Å². The lowest BCUT2D eigenvalue weighted by atomic mass is 10.1. The van der Waals surface area contributed by atoms with Crippen molar-refractivity contribution in [2.45, 2.75) is 6.92 Å². The number of benzene rings is 1. The first-order valence-electron chi connectivity index (χ1n) is 5.28. The summed E-state index contributed by atoms with van der Waals surface area (Å²) in [6.45, 7) is 2.46. The molecular weight excluding hydrogens is 238 g/mol. The highest BCUT2D eigenvalue weighted by atomic mass is 35.5. The Hall–Kier alpha value is -1.61. The summed E-state index contributed by atoms with van der Waals surface area (Å²) in [5.41, 5.74) is 0.400. The van der Waals surface area contributed by atoms with Crippen LogP contribution in [0.2, 0.25) is 5.02 Å². The van der Waals surface area contributed by atoms with Gasteiger partial charge in [-0.2, -0.15) is 0 Å². The Morgan fingerprint density at radius 3 is 2.53 bits per heavy atom. The molecule has 0 radical (unpaired) electrons. The molecule has 0 fully saturated rings. The average molecular weight is 252 g/mol. The van der Waals surface area contributed by atoms with Gasteiger partial charge < -0.3 is 4.90 Å². The van der Waals surface area contributed by atoms with Crippen LogP contribution in [0.5, 0.6) is 0 Å². The number of halogens is 1. The maximum atomic E-state index is 11.7. The van der Waals surface area contributed by atoms with Crippen LogP contribution in [0.3, 0.4) is 0 Å². The number of nitrogens with zero attached hydrogens (tertiary/aromatic N) is 1. The molecule has 1 aromatic rings. The van der Waals surface area contributed by atoms with Gasteiger partial charge in [0.25, 0.3) is 0 Å². The van der Waals surface area contributed by atoms with E-state index in [1.54, 1.807) is 31.3 Å². The van der Waals surface area contributed by atoms with Gasteiger partial charge in [-0.3, -0.25) is 9.59 Å². The van der Waals surface area contributed by atoms with Crippen molar-refractivity contribution in [1.82, 2.24) is 4.90 Å². The fourth-order valence-corrected chi connectivity index (χ4v) is 1.41. The highest BCUT2D eigenvalue weighted by Crippen LogP contribution is 2.15. The van der Waals surface area contributed by atoms with Crippen LogP contribution in [-0.2, 0) is 4.79 Å². The summed E-state index contributed by atoms with van der Waals surface area (Å²) in [5.74, 6) is -0.471. The number of carbonyl (C=O) groups is 2. The van der Waals surface area contributed by atoms with E-state index in [4.69, 9.17) is 11.6 Å². The molecule has 3 nitrogen and oxygen atoms in total. The van der Waals surface area contributed by atoms with E-state index in [9.17, 15) is 9.59 Å². The Kier molecular flexibility index (Phi) is 4.91. The van der Waals surface area contributed by atoms with E-state index in [1.165, 1.54) is 17.1 Å². The normalized spacial score (nSPS) is 10.5. The van der Waals surface area contributed by atoms with E-state index in [-0.39, 0.29) is 11.7 Å². The number of allylic oxidation sites excluding steroid dienone is 1. The molecule has 0 spiro atoms. The molecule has 0 N–H and O–H groups in total. The molecule has 0 aliphatic carbocycles. The third-order valence-corrected chi connectivity index (χ3v) is 2.70. The fraction of sp³-hybridized carbons (Fsp3) is 0.231. The lowest BCUT2D eigenvalue weighted by molar-refractivity contribution is -0.124. The lowest BCUT2D eigenvalue weighted by Crippen LogP contribution is -2.24. The number of carbonyl (C=O) groups excluding carboxylic acids is 2. The first-order valence-corrected chi connectivity index (χ1v) is 5.66. The standard InChI is InChI=1S/C13H14ClNO2/c1-3-15(2)13(17)9-8-12(16)10-6-4-5-7-11(10)14/h4-9H,3H2,1-2H3/b9-8+. The summed E-state index contributed by atoms with van der Waals surface area (Å²) < 4.78 is 0. The molecule has 1 amide bonds. The Morgan fingerprint density at radius 2 is 1.94 bits per heavy atom. The molecule has 1 rings (SSSR count). The van der Waals surface area contributed by atoms with Gasteiger partial charge >= 0.3 is 0 Å². The van der Waals surface area contributed by atoms with Crippen molar-refractivity contribution in [2.24, 2.45) is 0 Å². The molecule has 90 valence electrons. The van der Waals surface area contributed by atoms with Crippen molar-refractivity contribution >= 4 is 23.3 Å². The van der Waals surface area contributed by atoms with Crippen LogP contribution in [0.25, 0.3) is 0 Å². The van der Waals surface area contributed by atoms with Gasteiger partial charge in [0, 0.05) is 25.2 Å². The molecule has 0 aromatic heterocycles. The lowest BCUT2D eigenvalue weighted by Gasteiger charge is -2.10. The van der Waals surface area contributed by atoms with E-state index in [0.29, 0.717) is 17.1 Å². The number of hydrogen-bond acceptors (Lipinski definition) is 2. The Balaban J connectivity index is 2.77. The summed E-state index contributed by atoms with van der Waals surface area (Å²) >= 11 is 5.87. The van der Waals surface area contributed by atoms with Gasteiger partial charge in [-0.1, -0.05) is 23.7 Å². The summed E-state index contributed by atoms with van der Waals surface area (Å²) in [5, 5.41) is 0.387. The Morgan fingerprint density at radius 1 is 1.29 bits per heavy atom. The van der Waals surface area contributed by atoms with Crippen molar-refractivity contribution in [3.63, 3.8) is 0 Å². The van der Waals surface area contributed by atoms with Crippen molar-refractivity contribution in [3.8, 4) is 0 Å². The van der Waals surface area contributed by atoms with Crippen molar-refractivity contribution in [3.05, 3.63) is 47.0 Å². The molecule has 1 aromatic carbocycles. The van der Waals surface area contributed by atoms with Crippen molar-refractivity contribution < 1.29 is 9.59 Å². The molecule has 0 aliphatic heterocycles. The van der Waals surface area contributed by atoms with E-state index < -0.39 is 0 Å². The number of amides is 1. The summed E-state index contributed by atoms with van der Waals surface area (Å²) in [4.78, 5) is 24.7. The largest absolute Gasteiger partial charge is 0.343 e. The summed E-state index contributed by atoms with van der Waals surface area (Å²) in [7, 11) is 1.67. The quantitative estimate of drug-likeness (QED) is 0.609. The van der Waals surface area contributed by atoms with Crippen LogP contribution in [0.4, 0.5) is 0 Å². The zero-order chi connectivity index (χ0) is 12.8. The number of likely N-dealkylation sites (N-methyl/N-ethyl adjacent to an activating group) is 1. The molecule has 0 bridgehead atoms. The number of rotatable bonds is 4. The topological polar surface area (TPSA) is 37.4 Å². The van der Waals surface area contributed by atoms with Gasteiger partial charge in [-0.15, -0.1) is 0 Å². The van der Waals surface area contributed by atoms with Crippen molar-refractivity contribution in [1.29, 1.82) is 0 Å². The van der Waals surface area contributed by atoms with Gasteiger partial charge in [0.15, 0.2) is 5.78 Å². The van der Waals surface area contributed by atoms with Crippen LogP contribution in [0.1, 0.15) is 17.3 Å². The van der Waals surface area contributed by atoms with E-state index in [0.717, 1.165) is 0 Å². The summed E-state index contributed by atoms with van der Waals surface area (Å²) in [6, 6.07) is 6.75. The minimum atomic E-state index is -0.270. The predicted octanol–water partition coefficient (Wildman–Crippen LogP) is 2.56. The van der Waals surface area contributed by atoms with Gasteiger partial charge in [0.2, 0.25) is 5.91 Å². The molecule has 17 heavy (non-hydrogen) atoms. The minimum absolute atomic E-state index is 0.201. The van der Waals surface area contributed by atoms with Gasteiger partial charge in [0.05, 0.1) is 5.02 Å². The monoisotopic (exact) mass is 251 g/mol. The molecule has 4 heteroatoms. The van der Waals surface area contributed by atoms with Crippen LogP contribution >= 0.6 is 11.6 Å². The highest BCUT2D eigenvalue weighted by molar-refractivity contribution is 6.34. The number of ketones is 1. The van der Waals surface area contributed by atoms with Gasteiger partial charge in [-0.05, 0) is 25.1 Å². The van der Waals surface area contributed by atoms with Crippen molar-refractivity contribution in [2.75, 3.05) is 13.6 Å². The highest BCUT2D eigenvalue weighted by Gasteiger charge is 2.07. The molecule has 0 saturated heterocycles. The molecule has 0 aliphatic rings. The van der Waals surface area contributed by atoms with Crippen LogP contribution < -0.4 is 0 Å². The Bertz CT molecular complexity index is 454.